The molecular formula is C10H11N4O3S-. The number of rotatable bonds is 4. The summed E-state index contributed by atoms with van der Waals surface area (Å²) in [6.45, 7) is 2.55. The molecule has 0 fully saturated rings. The van der Waals surface area contributed by atoms with E-state index in [4.69, 9.17) is 12.2 Å². The van der Waals surface area contributed by atoms with E-state index >= 15 is 0 Å². The van der Waals surface area contributed by atoms with Gasteiger partial charge in [-0.05, 0) is 24.9 Å². The lowest BCUT2D eigenvalue weighted by Gasteiger charge is -2.06. The third-order valence-electron chi connectivity index (χ3n) is 1.90. The zero-order valence-electron chi connectivity index (χ0n) is 9.54. The van der Waals surface area contributed by atoms with Crippen LogP contribution in [0, 0.1) is 10.1 Å². The Morgan fingerprint density at radius 2 is 2.33 bits per heavy atom. The van der Waals surface area contributed by atoms with Gasteiger partial charge in [0.05, 0.1) is 11.1 Å². The van der Waals surface area contributed by atoms with Crippen molar-refractivity contribution in [1.82, 2.24) is 10.7 Å². The van der Waals surface area contributed by atoms with Crippen molar-refractivity contribution in [3.8, 4) is 5.75 Å². The van der Waals surface area contributed by atoms with Crippen molar-refractivity contribution >= 4 is 29.2 Å². The maximum Gasteiger partial charge on any atom is 0.262 e. The molecule has 0 aliphatic heterocycles. The van der Waals surface area contributed by atoms with Gasteiger partial charge in [0.25, 0.3) is 5.69 Å². The maximum absolute atomic E-state index is 11.1. The molecule has 0 bridgehead atoms. The predicted molar refractivity (Wildman–Crippen MR) is 69.5 cm³/mol. The minimum atomic E-state index is -0.726. The quantitative estimate of drug-likeness (QED) is 0.356. The van der Waals surface area contributed by atoms with Gasteiger partial charge in [-0.2, -0.15) is 5.10 Å². The molecule has 8 heteroatoms. The summed E-state index contributed by atoms with van der Waals surface area (Å²) in [5.74, 6) is -0.631. The summed E-state index contributed by atoms with van der Waals surface area (Å²) >= 11 is 4.86. The Balaban J connectivity index is 2.73. The molecule has 0 aliphatic carbocycles. The lowest BCUT2D eigenvalue weighted by molar-refractivity contribution is -0.398. The second-order valence-electron chi connectivity index (χ2n) is 3.21. The molecule has 0 radical (unpaired) electrons. The molecule has 1 aromatic carbocycles. The molecule has 1 rings (SSSR count). The normalized spacial score (nSPS) is 10.3. The lowest BCUT2D eigenvalue weighted by Crippen LogP contribution is -2.31. The highest BCUT2D eigenvalue weighted by molar-refractivity contribution is 7.80. The van der Waals surface area contributed by atoms with E-state index in [-0.39, 0.29) is 0 Å². The lowest BCUT2D eigenvalue weighted by atomic mass is 10.2. The largest absolute Gasteiger partial charge is 0.868 e. The highest BCUT2D eigenvalue weighted by Crippen LogP contribution is 2.22. The average molecular weight is 267 g/mol. The highest BCUT2D eigenvalue weighted by atomic mass is 32.1. The minimum Gasteiger partial charge on any atom is -0.868 e. The summed E-state index contributed by atoms with van der Waals surface area (Å²) in [5, 5.41) is 28.7. The predicted octanol–water partition coefficient (Wildman–Crippen LogP) is 0.486. The molecule has 0 saturated carbocycles. The van der Waals surface area contributed by atoms with Crippen molar-refractivity contribution in [2.75, 3.05) is 6.54 Å². The van der Waals surface area contributed by atoms with Crippen LogP contribution in [-0.4, -0.2) is 22.8 Å². The molecule has 0 atom stereocenters. The van der Waals surface area contributed by atoms with Gasteiger partial charge in [-0.15, -0.1) is 0 Å². The third kappa shape index (κ3) is 3.98. The Morgan fingerprint density at radius 3 is 2.94 bits per heavy atom. The van der Waals surface area contributed by atoms with Gasteiger partial charge in [0.15, 0.2) is 5.11 Å². The van der Waals surface area contributed by atoms with E-state index in [0.29, 0.717) is 17.2 Å². The molecule has 0 aromatic heterocycles. The maximum atomic E-state index is 11.1. The van der Waals surface area contributed by atoms with Crippen LogP contribution in [0.4, 0.5) is 5.69 Å². The van der Waals surface area contributed by atoms with Gasteiger partial charge >= 0.3 is 0 Å². The molecule has 7 nitrogen and oxygen atoms in total. The molecule has 18 heavy (non-hydrogen) atoms. The first kappa shape index (κ1) is 13.8. The van der Waals surface area contributed by atoms with Crippen LogP contribution in [0.5, 0.6) is 5.75 Å². The summed E-state index contributed by atoms with van der Waals surface area (Å²) in [5.41, 5.74) is 2.50. The number of thiocarbonyl (C=S) groups is 1. The van der Waals surface area contributed by atoms with E-state index in [2.05, 4.69) is 15.8 Å². The first-order chi connectivity index (χ1) is 8.54. The van der Waals surface area contributed by atoms with Gasteiger partial charge in [-0.25, -0.2) is 0 Å². The Bertz CT molecular complexity index is 490. The van der Waals surface area contributed by atoms with Crippen molar-refractivity contribution in [2.24, 2.45) is 5.10 Å². The summed E-state index contributed by atoms with van der Waals surface area (Å²) in [4.78, 5) is 9.83. The number of nitro groups is 1. The van der Waals surface area contributed by atoms with Gasteiger partial charge in [0.2, 0.25) is 0 Å². The number of nitrogens with zero attached hydrogens (tertiary/aromatic N) is 2. The molecular weight excluding hydrogens is 256 g/mol. The molecule has 0 amide bonds. The van der Waals surface area contributed by atoms with Crippen LogP contribution in [0.2, 0.25) is 0 Å². The Labute approximate surface area is 109 Å². The van der Waals surface area contributed by atoms with E-state index in [1.807, 2.05) is 6.92 Å². The zero-order chi connectivity index (χ0) is 13.5. The van der Waals surface area contributed by atoms with Gasteiger partial charge in [0, 0.05) is 18.2 Å². The van der Waals surface area contributed by atoms with Crippen molar-refractivity contribution in [1.29, 1.82) is 0 Å². The Kier molecular flexibility index (Phi) is 5.00. The first-order valence-corrected chi connectivity index (χ1v) is 5.47. The fourth-order valence-electron chi connectivity index (χ4n) is 1.12. The number of nitrogens with one attached hydrogen (secondary N) is 2. The molecule has 1 aromatic rings. The first-order valence-electron chi connectivity index (χ1n) is 5.07. The van der Waals surface area contributed by atoms with E-state index in [1.165, 1.54) is 12.3 Å². The average Bonchev–Trinajstić information content (AvgIpc) is 2.31. The summed E-state index contributed by atoms with van der Waals surface area (Å²) in [6, 6.07) is 3.72. The SMILES string of the molecule is CCNC(=S)N/N=C\c1ccc([O-])c([N+](=O)[O-])c1. The second-order valence-corrected chi connectivity index (χ2v) is 3.62. The molecule has 0 unspecified atom stereocenters. The monoisotopic (exact) mass is 267 g/mol. The van der Waals surface area contributed by atoms with E-state index in [1.54, 1.807) is 0 Å². The zero-order valence-corrected chi connectivity index (χ0v) is 10.4. The van der Waals surface area contributed by atoms with Crippen LogP contribution in [0.25, 0.3) is 0 Å². The van der Waals surface area contributed by atoms with Crippen molar-refractivity contribution in [2.45, 2.75) is 6.92 Å². The summed E-state index contributed by atoms with van der Waals surface area (Å²) < 4.78 is 0. The minimum absolute atomic E-state index is 0.351. The number of hydrogen-bond acceptors (Lipinski definition) is 5. The van der Waals surface area contributed by atoms with Gasteiger partial charge in [0.1, 0.15) is 0 Å². The van der Waals surface area contributed by atoms with Crippen molar-refractivity contribution in [3.63, 3.8) is 0 Å². The summed E-state index contributed by atoms with van der Waals surface area (Å²) in [6.07, 6.45) is 1.34. The van der Waals surface area contributed by atoms with Crippen LogP contribution in [0.1, 0.15) is 12.5 Å². The van der Waals surface area contributed by atoms with Gasteiger partial charge in [-0.3, -0.25) is 15.5 Å². The van der Waals surface area contributed by atoms with Crippen LogP contribution < -0.4 is 15.8 Å². The van der Waals surface area contributed by atoms with E-state index < -0.39 is 16.4 Å². The standard InChI is InChI=1S/C10H12N4O3S/c1-2-11-10(18)13-12-6-7-3-4-9(15)8(5-7)14(16)17/h3-6,15H,2H2,1H3,(H2,11,13,18)/p-1/b12-6-. The van der Waals surface area contributed by atoms with Crippen molar-refractivity contribution < 1.29 is 10.0 Å². The van der Waals surface area contributed by atoms with Crippen LogP contribution in [-0.2, 0) is 0 Å². The van der Waals surface area contributed by atoms with Gasteiger partial charge in [-0.1, -0.05) is 12.1 Å². The molecule has 0 heterocycles. The topological polar surface area (TPSA) is 103 Å². The van der Waals surface area contributed by atoms with Crippen LogP contribution >= 0.6 is 12.2 Å². The number of hydrazone groups is 1. The van der Waals surface area contributed by atoms with E-state index in [9.17, 15) is 15.2 Å². The molecule has 0 saturated heterocycles. The molecule has 96 valence electrons. The van der Waals surface area contributed by atoms with Crippen molar-refractivity contribution in [3.05, 3.63) is 33.9 Å². The molecule has 0 aliphatic rings. The highest BCUT2D eigenvalue weighted by Gasteiger charge is 2.06. The van der Waals surface area contributed by atoms with Crippen LogP contribution in [0.15, 0.2) is 23.3 Å². The summed E-state index contributed by atoms with van der Waals surface area (Å²) in [7, 11) is 0. The Hall–Kier alpha value is -2.22. The fraction of sp³-hybridized carbons (Fsp3) is 0.200. The Morgan fingerprint density at radius 1 is 1.61 bits per heavy atom. The smallest absolute Gasteiger partial charge is 0.262 e. The number of benzene rings is 1. The molecule has 2 N–H and O–H groups in total. The number of nitro benzene ring substituents is 1. The van der Waals surface area contributed by atoms with Gasteiger partial charge < -0.3 is 10.4 Å². The third-order valence-corrected chi connectivity index (χ3v) is 2.13. The number of hydrogen-bond donors (Lipinski definition) is 2. The molecule has 0 spiro atoms. The van der Waals surface area contributed by atoms with Crippen LogP contribution in [0.3, 0.4) is 0 Å². The second kappa shape index (κ2) is 6.50. The van der Waals surface area contributed by atoms with E-state index in [0.717, 1.165) is 12.1 Å². The fourth-order valence-corrected chi connectivity index (χ4v) is 1.32.